The van der Waals surface area contributed by atoms with Crippen molar-refractivity contribution in [1.29, 1.82) is 0 Å². The fourth-order valence-corrected chi connectivity index (χ4v) is 3.80. The van der Waals surface area contributed by atoms with Gasteiger partial charge in [-0.05, 0) is 70.9 Å². The standard InChI is InChI=1S/C25H19BrO6/c1-14-19(32-25(28)16-6-4-5-7-18(16)26)11-9-17-23(27)22(31-24(14)17)13-15-8-10-20(29-2)21(12-15)30-3/h4-13H,1-3H3/b22-13-. The Morgan fingerprint density at radius 1 is 0.969 bits per heavy atom. The quantitative estimate of drug-likeness (QED) is 0.260. The van der Waals surface area contributed by atoms with Gasteiger partial charge in [0.25, 0.3) is 0 Å². The Morgan fingerprint density at radius 3 is 2.41 bits per heavy atom. The van der Waals surface area contributed by atoms with Crippen molar-refractivity contribution in [2.24, 2.45) is 0 Å². The van der Waals surface area contributed by atoms with Crippen LogP contribution in [0.1, 0.15) is 31.8 Å². The van der Waals surface area contributed by atoms with E-state index in [1.165, 1.54) is 0 Å². The molecular formula is C25H19BrO6. The van der Waals surface area contributed by atoms with Crippen LogP contribution in [0.5, 0.6) is 23.0 Å². The molecule has 0 N–H and O–H groups in total. The lowest BCUT2D eigenvalue weighted by Crippen LogP contribution is -2.10. The molecule has 0 spiro atoms. The van der Waals surface area contributed by atoms with Gasteiger partial charge >= 0.3 is 5.97 Å². The van der Waals surface area contributed by atoms with Gasteiger partial charge in [0.05, 0.1) is 25.3 Å². The number of ketones is 1. The zero-order valence-corrected chi connectivity index (χ0v) is 19.2. The first-order chi connectivity index (χ1) is 15.4. The number of ether oxygens (including phenoxy) is 4. The van der Waals surface area contributed by atoms with Gasteiger partial charge in [-0.1, -0.05) is 18.2 Å². The van der Waals surface area contributed by atoms with Crippen molar-refractivity contribution < 1.29 is 28.5 Å². The van der Waals surface area contributed by atoms with Crippen molar-refractivity contribution in [3.05, 3.63) is 87.1 Å². The minimum absolute atomic E-state index is 0.171. The maximum absolute atomic E-state index is 12.9. The summed E-state index contributed by atoms with van der Waals surface area (Å²) in [5.41, 5.74) is 2.09. The molecule has 0 radical (unpaired) electrons. The minimum Gasteiger partial charge on any atom is -0.493 e. The molecule has 0 aromatic heterocycles. The highest BCUT2D eigenvalue weighted by atomic mass is 79.9. The van der Waals surface area contributed by atoms with Crippen LogP contribution in [0.2, 0.25) is 0 Å². The summed E-state index contributed by atoms with van der Waals surface area (Å²) in [5.74, 6) is 1.24. The van der Waals surface area contributed by atoms with Crippen LogP contribution in [0.3, 0.4) is 0 Å². The van der Waals surface area contributed by atoms with Crippen LogP contribution in [0, 0.1) is 6.92 Å². The molecule has 0 amide bonds. The van der Waals surface area contributed by atoms with Crippen LogP contribution in [0.25, 0.3) is 6.08 Å². The van der Waals surface area contributed by atoms with Gasteiger partial charge in [0, 0.05) is 10.0 Å². The van der Waals surface area contributed by atoms with Crippen LogP contribution < -0.4 is 18.9 Å². The number of rotatable bonds is 5. The third kappa shape index (κ3) is 3.99. The highest BCUT2D eigenvalue weighted by Crippen LogP contribution is 2.40. The van der Waals surface area contributed by atoms with E-state index in [0.29, 0.717) is 44.2 Å². The molecule has 162 valence electrons. The lowest BCUT2D eigenvalue weighted by Gasteiger charge is -2.11. The number of halogens is 1. The first-order valence-corrected chi connectivity index (χ1v) is 10.5. The molecule has 0 unspecified atom stereocenters. The minimum atomic E-state index is -0.508. The highest BCUT2D eigenvalue weighted by molar-refractivity contribution is 9.10. The van der Waals surface area contributed by atoms with Gasteiger partial charge < -0.3 is 18.9 Å². The van der Waals surface area contributed by atoms with E-state index in [9.17, 15) is 9.59 Å². The third-order valence-electron chi connectivity index (χ3n) is 5.04. The molecule has 32 heavy (non-hydrogen) atoms. The SMILES string of the molecule is COc1ccc(/C=C2\Oc3c(ccc(OC(=O)c4ccccc4Br)c3C)C2=O)cc1OC. The fourth-order valence-electron chi connectivity index (χ4n) is 3.35. The number of benzene rings is 3. The van der Waals surface area contributed by atoms with Crippen LogP contribution in [0.15, 0.2) is 64.8 Å². The number of methoxy groups -OCH3 is 2. The molecule has 0 fully saturated rings. The predicted octanol–water partition coefficient (Wildman–Crippen LogP) is 5.61. The molecule has 0 aliphatic carbocycles. The predicted molar refractivity (Wildman–Crippen MR) is 123 cm³/mol. The number of hydrogen-bond acceptors (Lipinski definition) is 6. The molecule has 0 saturated heterocycles. The maximum Gasteiger partial charge on any atom is 0.344 e. The molecule has 3 aromatic rings. The Balaban J connectivity index is 1.62. The van der Waals surface area contributed by atoms with E-state index >= 15 is 0 Å². The number of carbonyl (C=O) groups excluding carboxylic acids is 2. The smallest absolute Gasteiger partial charge is 0.344 e. The fraction of sp³-hybridized carbons (Fsp3) is 0.120. The van der Waals surface area contributed by atoms with Gasteiger partial charge in [0.2, 0.25) is 5.78 Å². The second-order valence-corrected chi connectivity index (χ2v) is 7.84. The van der Waals surface area contributed by atoms with Crippen molar-refractivity contribution in [2.45, 2.75) is 6.92 Å². The molecule has 1 aliphatic rings. The van der Waals surface area contributed by atoms with E-state index in [4.69, 9.17) is 18.9 Å². The summed E-state index contributed by atoms with van der Waals surface area (Å²) in [6.45, 7) is 1.74. The summed E-state index contributed by atoms with van der Waals surface area (Å²) < 4.78 is 22.6. The number of allylic oxidation sites excluding steroid dienone is 1. The summed E-state index contributed by atoms with van der Waals surface area (Å²) in [7, 11) is 3.10. The Morgan fingerprint density at radius 2 is 1.69 bits per heavy atom. The molecular weight excluding hydrogens is 476 g/mol. The van der Waals surface area contributed by atoms with Crippen molar-refractivity contribution in [3.8, 4) is 23.0 Å². The average molecular weight is 495 g/mol. The normalized spacial score (nSPS) is 13.5. The molecule has 1 aliphatic heterocycles. The van der Waals surface area contributed by atoms with Crippen LogP contribution >= 0.6 is 15.9 Å². The maximum atomic E-state index is 12.9. The number of esters is 1. The Hall–Kier alpha value is -3.58. The van der Waals surface area contributed by atoms with Gasteiger partial charge in [0.1, 0.15) is 11.5 Å². The first-order valence-electron chi connectivity index (χ1n) is 9.69. The summed E-state index contributed by atoms with van der Waals surface area (Å²) >= 11 is 3.35. The molecule has 4 rings (SSSR count). The van der Waals surface area contributed by atoms with Gasteiger partial charge in [-0.2, -0.15) is 0 Å². The van der Waals surface area contributed by atoms with E-state index < -0.39 is 5.97 Å². The molecule has 0 saturated carbocycles. The number of fused-ring (bicyclic) bond motifs is 1. The second kappa shape index (κ2) is 8.88. The Kier molecular flexibility index (Phi) is 6.01. The highest BCUT2D eigenvalue weighted by Gasteiger charge is 2.30. The van der Waals surface area contributed by atoms with Crippen molar-refractivity contribution in [1.82, 2.24) is 0 Å². The topological polar surface area (TPSA) is 71.1 Å². The van der Waals surface area contributed by atoms with Gasteiger partial charge in [0.15, 0.2) is 17.3 Å². The van der Waals surface area contributed by atoms with Crippen LogP contribution in [0.4, 0.5) is 0 Å². The third-order valence-corrected chi connectivity index (χ3v) is 5.73. The average Bonchev–Trinajstić information content (AvgIpc) is 3.11. The largest absolute Gasteiger partial charge is 0.493 e. The summed E-state index contributed by atoms with van der Waals surface area (Å²) in [6.07, 6.45) is 1.64. The van der Waals surface area contributed by atoms with Gasteiger partial charge in [-0.15, -0.1) is 0 Å². The zero-order chi connectivity index (χ0) is 22.8. The Bertz CT molecular complexity index is 1260. The molecule has 3 aromatic carbocycles. The molecule has 0 atom stereocenters. The lowest BCUT2D eigenvalue weighted by molar-refractivity contribution is 0.0732. The van der Waals surface area contributed by atoms with Crippen molar-refractivity contribution in [2.75, 3.05) is 14.2 Å². The number of carbonyl (C=O) groups is 2. The Labute approximate surface area is 193 Å². The van der Waals surface area contributed by atoms with Gasteiger partial charge in [-0.3, -0.25) is 4.79 Å². The molecule has 0 bridgehead atoms. The van der Waals surface area contributed by atoms with E-state index in [-0.39, 0.29) is 11.5 Å². The summed E-state index contributed by atoms with van der Waals surface area (Å²) in [4.78, 5) is 25.4. The van der Waals surface area contributed by atoms with E-state index in [0.717, 1.165) is 5.56 Å². The summed E-state index contributed by atoms with van der Waals surface area (Å²) in [6, 6.07) is 15.5. The lowest BCUT2D eigenvalue weighted by atomic mass is 10.1. The molecule has 1 heterocycles. The number of hydrogen-bond donors (Lipinski definition) is 0. The first kappa shape index (κ1) is 21.6. The van der Waals surface area contributed by atoms with Crippen LogP contribution in [-0.2, 0) is 0 Å². The van der Waals surface area contributed by atoms with E-state index in [1.807, 2.05) is 6.07 Å². The van der Waals surface area contributed by atoms with E-state index in [2.05, 4.69) is 15.9 Å². The number of Topliss-reactive ketones (excluding diaryl/α,β-unsaturated/α-hetero) is 1. The van der Waals surface area contributed by atoms with Crippen molar-refractivity contribution >= 4 is 33.8 Å². The van der Waals surface area contributed by atoms with Crippen LogP contribution in [-0.4, -0.2) is 26.0 Å². The second-order valence-electron chi connectivity index (χ2n) is 6.99. The molecule has 7 heteroatoms. The van der Waals surface area contributed by atoms with Crippen molar-refractivity contribution in [3.63, 3.8) is 0 Å². The monoisotopic (exact) mass is 494 g/mol. The zero-order valence-electron chi connectivity index (χ0n) is 17.6. The summed E-state index contributed by atoms with van der Waals surface area (Å²) in [5, 5.41) is 0. The van der Waals surface area contributed by atoms with Gasteiger partial charge in [-0.25, -0.2) is 4.79 Å². The molecule has 6 nitrogen and oxygen atoms in total. The van der Waals surface area contributed by atoms with E-state index in [1.54, 1.807) is 75.8 Å².